The topological polar surface area (TPSA) is 51.2 Å². The third-order valence-electron chi connectivity index (χ3n) is 2.36. The van der Waals surface area contributed by atoms with E-state index in [-0.39, 0.29) is 5.97 Å². The number of carbonyl (C=O) groups is 1. The molecule has 1 saturated heterocycles. The average molecular weight is 226 g/mol. The summed E-state index contributed by atoms with van der Waals surface area (Å²) >= 11 is 1.53. The van der Waals surface area contributed by atoms with E-state index in [1.807, 2.05) is 0 Å². The van der Waals surface area contributed by atoms with E-state index in [1.165, 1.54) is 17.8 Å². The molecule has 4 nitrogen and oxygen atoms in total. The Hall–Kier alpha value is -0.940. The summed E-state index contributed by atoms with van der Waals surface area (Å²) in [4.78, 5) is 15.7. The molecule has 2 rings (SSSR count). The molecule has 0 aliphatic carbocycles. The number of ether oxygens (including phenoxy) is 1. The number of rotatable bonds is 3. The smallest absolute Gasteiger partial charge is 0.357 e. The molecule has 0 bridgehead atoms. The molecule has 0 aromatic carbocycles. The number of esters is 1. The van der Waals surface area contributed by atoms with Gasteiger partial charge in [-0.05, 0) is 26.3 Å². The molecule has 1 aliphatic heterocycles. The van der Waals surface area contributed by atoms with Crippen molar-refractivity contribution in [3.8, 4) is 0 Å². The van der Waals surface area contributed by atoms with Crippen molar-refractivity contribution >= 4 is 17.3 Å². The van der Waals surface area contributed by atoms with Crippen LogP contribution in [0.3, 0.4) is 0 Å². The van der Waals surface area contributed by atoms with Gasteiger partial charge in [0.15, 0.2) is 5.69 Å². The largest absolute Gasteiger partial charge is 0.461 e. The lowest BCUT2D eigenvalue weighted by Crippen LogP contribution is -2.13. The molecule has 1 fully saturated rings. The van der Waals surface area contributed by atoms with Crippen molar-refractivity contribution in [2.24, 2.45) is 0 Å². The van der Waals surface area contributed by atoms with Crippen LogP contribution in [0, 0.1) is 0 Å². The molecule has 82 valence electrons. The Balaban J connectivity index is 2.06. The summed E-state index contributed by atoms with van der Waals surface area (Å²) < 4.78 is 4.89. The highest BCUT2D eigenvalue weighted by atomic mass is 32.1. The van der Waals surface area contributed by atoms with Gasteiger partial charge in [-0.25, -0.2) is 9.78 Å². The summed E-state index contributed by atoms with van der Waals surface area (Å²) in [6.45, 7) is 3.23. The highest BCUT2D eigenvalue weighted by molar-refractivity contribution is 7.09. The lowest BCUT2D eigenvalue weighted by atomic mass is 10.2. The Morgan fingerprint density at radius 3 is 3.33 bits per heavy atom. The van der Waals surface area contributed by atoms with Crippen molar-refractivity contribution < 1.29 is 9.53 Å². The first-order valence-electron chi connectivity index (χ1n) is 5.17. The molecule has 5 heteroatoms. The molecule has 1 atom stereocenters. The Bertz CT molecular complexity index is 345. The van der Waals surface area contributed by atoms with Crippen LogP contribution >= 0.6 is 11.3 Å². The fourth-order valence-electron chi connectivity index (χ4n) is 1.64. The van der Waals surface area contributed by atoms with Crippen molar-refractivity contribution in [2.75, 3.05) is 13.2 Å². The molecule has 1 aliphatic rings. The third-order valence-corrected chi connectivity index (χ3v) is 3.32. The minimum absolute atomic E-state index is 0.321. The zero-order chi connectivity index (χ0) is 10.7. The van der Waals surface area contributed by atoms with Gasteiger partial charge in [-0.2, -0.15) is 0 Å². The van der Waals surface area contributed by atoms with E-state index >= 15 is 0 Å². The summed E-state index contributed by atoms with van der Waals surface area (Å²) in [5.41, 5.74) is 0.436. The molecule has 2 heterocycles. The quantitative estimate of drug-likeness (QED) is 0.798. The molecule has 1 aromatic rings. The Morgan fingerprint density at radius 2 is 2.67 bits per heavy atom. The van der Waals surface area contributed by atoms with Crippen LogP contribution in [0.4, 0.5) is 0 Å². The second-order valence-corrected chi connectivity index (χ2v) is 4.33. The van der Waals surface area contributed by atoms with Crippen molar-refractivity contribution in [1.82, 2.24) is 10.3 Å². The summed E-state index contributed by atoms with van der Waals surface area (Å²) in [6, 6.07) is 0.332. The first-order chi connectivity index (χ1) is 7.31. The summed E-state index contributed by atoms with van der Waals surface area (Å²) in [5.74, 6) is -0.321. The van der Waals surface area contributed by atoms with Crippen LogP contribution in [-0.4, -0.2) is 24.1 Å². The summed E-state index contributed by atoms with van der Waals surface area (Å²) in [7, 11) is 0. The zero-order valence-electron chi connectivity index (χ0n) is 8.66. The van der Waals surface area contributed by atoms with Gasteiger partial charge in [-0.1, -0.05) is 0 Å². The van der Waals surface area contributed by atoms with Crippen LogP contribution < -0.4 is 5.32 Å². The summed E-state index contributed by atoms with van der Waals surface area (Å²) in [5, 5.41) is 6.12. The van der Waals surface area contributed by atoms with E-state index in [2.05, 4.69) is 10.3 Å². The van der Waals surface area contributed by atoms with Gasteiger partial charge in [0.25, 0.3) is 0 Å². The maximum atomic E-state index is 11.4. The van der Waals surface area contributed by atoms with Crippen molar-refractivity contribution in [2.45, 2.75) is 25.8 Å². The molecule has 0 saturated carbocycles. The Kier molecular flexibility index (Phi) is 3.33. The van der Waals surface area contributed by atoms with E-state index in [4.69, 9.17) is 4.74 Å². The Morgan fingerprint density at radius 1 is 1.80 bits per heavy atom. The monoisotopic (exact) mass is 226 g/mol. The van der Waals surface area contributed by atoms with Gasteiger partial charge in [-0.3, -0.25) is 0 Å². The van der Waals surface area contributed by atoms with Crippen molar-refractivity contribution in [1.29, 1.82) is 0 Å². The predicted octanol–water partition coefficient (Wildman–Crippen LogP) is 1.74. The molecular formula is C10H14N2O2S. The average Bonchev–Trinajstić information content (AvgIpc) is 2.89. The van der Waals surface area contributed by atoms with Crippen LogP contribution in [-0.2, 0) is 4.74 Å². The second kappa shape index (κ2) is 4.72. The highest BCUT2D eigenvalue weighted by Crippen LogP contribution is 2.25. The van der Waals surface area contributed by atoms with E-state index in [0.29, 0.717) is 18.3 Å². The van der Waals surface area contributed by atoms with Gasteiger partial charge < -0.3 is 10.1 Å². The zero-order valence-corrected chi connectivity index (χ0v) is 9.47. The lowest BCUT2D eigenvalue weighted by Gasteiger charge is -2.04. The normalized spacial score (nSPS) is 20.5. The molecule has 15 heavy (non-hydrogen) atoms. The lowest BCUT2D eigenvalue weighted by molar-refractivity contribution is 0.0520. The van der Waals surface area contributed by atoms with Crippen LogP contribution in [0.25, 0.3) is 0 Å². The van der Waals surface area contributed by atoms with E-state index in [1.54, 1.807) is 12.3 Å². The SMILES string of the molecule is CCOC(=O)c1csc([C@H]2CCCN2)n1. The van der Waals surface area contributed by atoms with Crippen molar-refractivity contribution in [3.63, 3.8) is 0 Å². The number of nitrogens with zero attached hydrogens (tertiary/aromatic N) is 1. The molecule has 1 N–H and O–H groups in total. The number of aromatic nitrogens is 1. The Labute approximate surface area is 92.7 Å². The number of nitrogens with one attached hydrogen (secondary N) is 1. The van der Waals surface area contributed by atoms with Gasteiger partial charge in [0.1, 0.15) is 5.01 Å². The number of carbonyl (C=O) groups excluding carboxylic acids is 1. The van der Waals surface area contributed by atoms with E-state index in [0.717, 1.165) is 18.0 Å². The third kappa shape index (κ3) is 2.35. The molecular weight excluding hydrogens is 212 g/mol. The molecule has 0 amide bonds. The summed E-state index contributed by atoms with van der Waals surface area (Å²) in [6.07, 6.45) is 2.29. The van der Waals surface area contributed by atoms with Crippen LogP contribution in [0.15, 0.2) is 5.38 Å². The van der Waals surface area contributed by atoms with E-state index in [9.17, 15) is 4.79 Å². The van der Waals surface area contributed by atoms with Gasteiger partial charge in [-0.15, -0.1) is 11.3 Å². The first-order valence-corrected chi connectivity index (χ1v) is 6.05. The minimum atomic E-state index is -0.321. The first kappa shape index (κ1) is 10.6. The van der Waals surface area contributed by atoms with Gasteiger partial charge in [0.2, 0.25) is 0 Å². The molecule has 1 aromatic heterocycles. The fraction of sp³-hybridized carbons (Fsp3) is 0.600. The maximum Gasteiger partial charge on any atom is 0.357 e. The number of hydrogen-bond donors (Lipinski definition) is 1. The fourth-order valence-corrected chi connectivity index (χ4v) is 2.54. The highest BCUT2D eigenvalue weighted by Gasteiger charge is 2.21. The predicted molar refractivity (Wildman–Crippen MR) is 58.0 cm³/mol. The molecule has 0 radical (unpaired) electrons. The number of thiazole rings is 1. The standard InChI is InChI=1S/C10H14N2O2S/c1-2-14-10(13)8-6-15-9(12-8)7-4-3-5-11-7/h6-7,11H,2-5H2,1H3/t7-/m1/s1. The van der Waals surface area contributed by atoms with Crippen LogP contribution in [0.2, 0.25) is 0 Å². The van der Waals surface area contributed by atoms with Crippen molar-refractivity contribution in [3.05, 3.63) is 16.1 Å². The van der Waals surface area contributed by atoms with Gasteiger partial charge in [0, 0.05) is 5.38 Å². The van der Waals surface area contributed by atoms with Crippen LogP contribution in [0.5, 0.6) is 0 Å². The van der Waals surface area contributed by atoms with Gasteiger partial charge >= 0.3 is 5.97 Å². The number of hydrogen-bond acceptors (Lipinski definition) is 5. The minimum Gasteiger partial charge on any atom is -0.461 e. The van der Waals surface area contributed by atoms with Crippen LogP contribution in [0.1, 0.15) is 41.3 Å². The molecule has 0 unspecified atom stereocenters. The van der Waals surface area contributed by atoms with Gasteiger partial charge in [0.05, 0.1) is 12.6 Å². The maximum absolute atomic E-state index is 11.4. The second-order valence-electron chi connectivity index (χ2n) is 3.44. The molecule has 0 spiro atoms. The van der Waals surface area contributed by atoms with E-state index < -0.39 is 0 Å².